The zero-order valence-electron chi connectivity index (χ0n) is 9.76. The molecule has 0 saturated carbocycles. The van der Waals surface area contributed by atoms with Gasteiger partial charge in [0.1, 0.15) is 5.01 Å². The van der Waals surface area contributed by atoms with Crippen molar-refractivity contribution in [1.29, 1.82) is 0 Å². The predicted octanol–water partition coefficient (Wildman–Crippen LogP) is 3.41. The van der Waals surface area contributed by atoms with Crippen molar-refractivity contribution >= 4 is 34.1 Å². The lowest BCUT2D eigenvalue weighted by Gasteiger charge is -2.07. The van der Waals surface area contributed by atoms with Crippen LogP contribution in [-0.2, 0) is 0 Å². The van der Waals surface area contributed by atoms with Gasteiger partial charge in [-0.15, -0.1) is 10.2 Å². The number of benzene rings is 1. The van der Waals surface area contributed by atoms with Gasteiger partial charge < -0.3 is 0 Å². The number of thioether (sulfide) groups is 1. The fraction of sp³-hybridized carbons (Fsp3) is 0.182. The van der Waals surface area contributed by atoms with E-state index >= 15 is 0 Å². The van der Waals surface area contributed by atoms with E-state index in [4.69, 9.17) is 0 Å². The number of hydrogen-bond donors (Lipinski definition) is 1. The van der Waals surface area contributed by atoms with E-state index in [0.29, 0.717) is 21.9 Å². The van der Waals surface area contributed by atoms with Crippen molar-refractivity contribution in [2.45, 2.75) is 17.6 Å². The Kier molecular flexibility index (Phi) is 4.43. The van der Waals surface area contributed by atoms with Gasteiger partial charge >= 0.3 is 0 Å². The molecule has 4 nitrogen and oxygen atoms in total. The highest BCUT2D eigenvalue weighted by atomic mass is 32.2. The number of amides is 1. The Morgan fingerprint density at radius 1 is 1.37 bits per heavy atom. The van der Waals surface area contributed by atoms with Crippen LogP contribution in [0.3, 0.4) is 0 Å². The maximum Gasteiger partial charge on any atom is 0.288 e. The van der Waals surface area contributed by atoms with Crippen molar-refractivity contribution in [2.24, 2.45) is 0 Å². The lowest BCUT2D eigenvalue weighted by atomic mass is 10.2. The van der Waals surface area contributed by atoms with Crippen LogP contribution in [0.4, 0.5) is 13.9 Å². The van der Waals surface area contributed by atoms with Crippen molar-refractivity contribution < 1.29 is 13.6 Å². The molecule has 1 aromatic carbocycles. The topological polar surface area (TPSA) is 54.9 Å². The summed E-state index contributed by atoms with van der Waals surface area (Å²) in [4.78, 5) is 12.2. The van der Waals surface area contributed by atoms with Crippen LogP contribution in [0.5, 0.6) is 0 Å². The lowest BCUT2D eigenvalue weighted by molar-refractivity contribution is 0.102. The molecule has 0 radical (unpaired) electrons. The normalized spacial score (nSPS) is 10.7. The van der Waals surface area contributed by atoms with E-state index in [9.17, 15) is 13.6 Å². The minimum Gasteiger partial charge on any atom is -0.296 e. The molecule has 19 heavy (non-hydrogen) atoms. The van der Waals surface area contributed by atoms with Crippen LogP contribution in [0.25, 0.3) is 0 Å². The summed E-state index contributed by atoms with van der Waals surface area (Å²) in [5.74, 6) is -3.04. The number of anilines is 1. The highest BCUT2D eigenvalue weighted by molar-refractivity contribution is 7.99. The number of aryl methyl sites for hydroxylation is 1. The van der Waals surface area contributed by atoms with Gasteiger partial charge in [-0.2, -0.15) is 8.78 Å². The largest absolute Gasteiger partial charge is 0.296 e. The van der Waals surface area contributed by atoms with Crippen LogP contribution in [0, 0.1) is 6.92 Å². The second kappa shape index (κ2) is 6.07. The van der Waals surface area contributed by atoms with Gasteiger partial charge in [0.2, 0.25) is 5.13 Å². The van der Waals surface area contributed by atoms with Crippen LogP contribution in [0.1, 0.15) is 15.4 Å². The Morgan fingerprint density at radius 3 is 2.74 bits per heavy atom. The highest BCUT2D eigenvalue weighted by Gasteiger charge is 2.16. The van der Waals surface area contributed by atoms with E-state index < -0.39 is 11.7 Å². The average molecular weight is 301 g/mol. The van der Waals surface area contributed by atoms with E-state index in [0.717, 1.165) is 0 Å². The molecule has 2 aromatic rings. The minimum absolute atomic E-state index is 0.195. The molecule has 0 aliphatic rings. The summed E-state index contributed by atoms with van der Waals surface area (Å²) in [6.45, 7) is 1.76. The number of halogens is 2. The smallest absolute Gasteiger partial charge is 0.288 e. The molecule has 0 fully saturated rings. The quantitative estimate of drug-likeness (QED) is 0.879. The second-order valence-corrected chi connectivity index (χ2v) is 5.67. The first kappa shape index (κ1) is 13.9. The van der Waals surface area contributed by atoms with Crippen molar-refractivity contribution in [3.8, 4) is 0 Å². The zero-order chi connectivity index (χ0) is 13.8. The molecule has 0 saturated heterocycles. The summed E-state index contributed by atoms with van der Waals surface area (Å²) in [6.07, 6.45) is 0. The number of carbonyl (C=O) groups is 1. The van der Waals surface area contributed by atoms with E-state index in [-0.39, 0.29) is 10.5 Å². The first-order chi connectivity index (χ1) is 9.06. The molecule has 8 heteroatoms. The second-order valence-electron chi connectivity index (χ2n) is 3.46. The van der Waals surface area contributed by atoms with Crippen LogP contribution in [0.15, 0.2) is 29.2 Å². The Hall–Kier alpha value is -1.54. The van der Waals surface area contributed by atoms with Crippen molar-refractivity contribution in [1.82, 2.24) is 10.2 Å². The maximum atomic E-state index is 12.4. The van der Waals surface area contributed by atoms with Crippen LogP contribution in [-0.4, -0.2) is 21.9 Å². The molecule has 0 bridgehead atoms. The van der Waals surface area contributed by atoms with E-state index in [1.807, 2.05) is 0 Å². The number of carbonyl (C=O) groups excluding carboxylic acids is 1. The fourth-order valence-corrected chi connectivity index (χ4v) is 2.59. The number of nitrogens with one attached hydrogen (secondary N) is 1. The first-order valence-corrected chi connectivity index (χ1v) is 6.91. The standard InChI is InChI=1S/C11H9F2N3OS2/c1-6-15-16-11(18-6)14-9(17)7-4-2-3-5-8(7)19-10(12)13/h2-5,10H,1H3,(H,14,16,17). The van der Waals surface area contributed by atoms with Gasteiger partial charge in [-0.3, -0.25) is 10.1 Å². The molecule has 0 unspecified atom stereocenters. The number of aromatic nitrogens is 2. The summed E-state index contributed by atoms with van der Waals surface area (Å²) in [6, 6.07) is 6.21. The summed E-state index contributed by atoms with van der Waals surface area (Å²) >= 11 is 1.56. The van der Waals surface area contributed by atoms with Gasteiger partial charge in [-0.25, -0.2) is 0 Å². The van der Waals surface area contributed by atoms with E-state index in [2.05, 4.69) is 15.5 Å². The Bertz CT molecular complexity index is 589. The number of hydrogen-bond acceptors (Lipinski definition) is 5. The average Bonchev–Trinajstić information content (AvgIpc) is 2.74. The lowest BCUT2D eigenvalue weighted by Crippen LogP contribution is -2.13. The first-order valence-electron chi connectivity index (χ1n) is 5.21. The molecule has 1 N–H and O–H groups in total. The third kappa shape index (κ3) is 3.71. The van der Waals surface area contributed by atoms with Crippen LogP contribution >= 0.6 is 23.1 Å². The Balaban J connectivity index is 2.18. The SMILES string of the molecule is Cc1nnc(NC(=O)c2ccccc2SC(F)F)s1. The van der Waals surface area contributed by atoms with Crippen LogP contribution in [0.2, 0.25) is 0 Å². The molecule has 1 aromatic heterocycles. The summed E-state index contributed by atoms with van der Waals surface area (Å²) in [5.41, 5.74) is 0.195. The summed E-state index contributed by atoms with van der Waals surface area (Å²) in [5, 5.41) is 11.1. The van der Waals surface area contributed by atoms with Gasteiger partial charge in [0, 0.05) is 4.90 Å². The minimum atomic E-state index is -2.57. The number of nitrogens with zero attached hydrogens (tertiary/aromatic N) is 2. The predicted molar refractivity (Wildman–Crippen MR) is 70.9 cm³/mol. The monoisotopic (exact) mass is 301 g/mol. The number of alkyl halides is 2. The number of rotatable bonds is 4. The summed E-state index contributed by atoms with van der Waals surface area (Å²) < 4.78 is 24.8. The van der Waals surface area contributed by atoms with E-state index in [1.165, 1.54) is 23.5 Å². The molecule has 1 amide bonds. The molecule has 100 valence electrons. The molecule has 0 spiro atoms. The Morgan fingerprint density at radius 2 is 2.11 bits per heavy atom. The zero-order valence-corrected chi connectivity index (χ0v) is 11.4. The van der Waals surface area contributed by atoms with Gasteiger partial charge in [0.05, 0.1) is 5.56 Å². The van der Waals surface area contributed by atoms with Crippen molar-refractivity contribution in [3.05, 3.63) is 34.8 Å². The van der Waals surface area contributed by atoms with E-state index in [1.54, 1.807) is 19.1 Å². The summed E-state index contributed by atoms with van der Waals surface area (Å²) in [7, 11) is 0. The van der Waals surface area contributed by atoms with Gasteiger partial charge in [-0.05, 0) is 19.1 Å². The van der Waals surface area contributed by atoms with Gasteiger partial charge in [0.15, 0.2) is 0 Å². The molecule has 1 heterocycles. The molecule has 0 aliphatic heterocycles. The molecule has 2 rings (SSSR count). The fourth-order valence-electron chi connectivity index (χ4n) is 1.36. The molecule has 0 atom stereocenters. The maximum absolute atomic E-state index is 12.4. The van der Waals surface area contributed by atoms with Gasteiger partial charge in [0.25, 0.3) is 11.7 Å². The van der Waals surface area contributed by atoms with Crippen molar-refractivity contribution in [2.75, 3.05) is 5.32 Å². The third-order valence-electron chi connectivity index (χ3n) is 2.09. The van der Waals surface area contributed by atoms with Gasteiger partial charge in [-0.1, -0.05) is 35.2 Å². The Labute approximate surface area is 116 Å². The highest BCUT2D eigenvalue weighted by Crippen LogP contribution is 2.29. The molecular weight excluding hydrogens is 292 g/mol. The third-order valence-corrected chi connectivity index (χ3v) is 3.64. The van der Waals surface area contributed by atoms with Crippen molar-refractivity contribution in [3.63, 3.8) is 0 Å². The molecular formula is C11H9F2N3OS2. The molecule has 0 aliphatic carbocycles. The van der Waals surface area contributed by atoms with Crippen LogP contribution < -0.4 is 5.32 Å².